The van der Waals surface area contributed by atoms with Gasteiger partial charge in [-0.05, 0) is 17.9 Å². The molecule has 1 saturated carbocycles. The molecule has 0 spiro atoms. The first-order valence-corrected chi connectivity index (χ1v) is 9.57. The molecule has 3 N–H and O–H groups in total. The number of aromatic nitrogens is 2. The number of carbonyl (C=O) groups excluding carboxylic acids is 1. The third-order valence-corrected chi connectivity index (χ3v) is 5.32. The number of fused-ring (bicyclic) bond motifs is 2. The first-order valence-electron chi connectivity index (χ1n) is 8.45. The van der Waals surface area contributed by atoms with Crippen LogP contribution in [0.15, 0.2) is 30.6 Å². The maximum Gasteiger partial charge on any atom is 0.248 e. The summed E-state index contributed by atoms with van der Waals surface area (Å²) < 4.78 is 11.5. The van der Waals surface area contributed by atoms with Gasteiger partial charge in [0.25, 0.3) is 0 Å². The quantitative estimate of drug-likeness (QED) is 0.551. The fraction of sp³-hybridized carbons (Fsp3) is 0.389. The minimum Gasteiger partial charge on any atom is -0.491 e. The fourth-order valence-corrected chi connectivity index (χ4v) is 3.63. The number of allylic oxidation sites excluding steroid dienone is 1. The molecule has 1 amide bonds. The maximum absolute atomic E-state index is 12.1. The van der Waals surface area contributed by atoms with E-state index in [1.165, 1.54) is 12.4 Å². The summed E-state index contributed by atoms with van der Waals surface area (Å²) in [6, 6.07) is 3.56. The lowest BCUT2D eigenvalue weighted by Crippen LogP contribution is -2.12. The van der Waals surface area contributed by atoms with E-state index in [-0.39, 0.29) is 5.91 Å². The molecule has 0 bridgehead atoms. The SMILES string of the molecule is Nc1ncnc2cc(OC[C@H]3[C@@H]4COC[C@@H]43)c(NC(=O)/C=C/CBr)cc12. The highest BCUT2D eigenvalue weighted by Gasteiger charge is 2.54. The van der Waals surface area contributed by atoms with Gasteiger partial charge in [0.05, 0.1) is 31.0 Å². The number of alkyl halides is 1. The molecule has 2 aliphatic rings. The van der Waals surface area contributed by atoms with Crippen molar-refractivity contribution in [2.75, 3.05) is 36.2 Å². The van der Waals surface area contributed by atoms with Gasteiger partial charge in [-0.3, -0.25) is 4.79 Å². The molecule has 2 heterocycles. The van der Waals surface area contributed by atoms with Gasteiger partial charge in [-0.1, -0.05) is 22.0 Å². The van der Waals surface area contributed by atoms with Gasteiger partial charge in [-0.15, -0.1) is 0 Å². The van der Waals surface area contributed by atoms with Gasteiger partial charge in [0.1, 0.15) is 17.9 Å². The predicted octanol–water partition coefficient (Wildman–Crippen LogP) is 2.37. The first-order chi connectivity index (χ1) is 12.7. The second-order valence-corrected chi connectivity index (χ2v) is 7.16. The molecule has 7 nitrogen and oxygen atoms in total. The van der Waals surface area contributed by atoms with Gasteiger partial charge in [0, 0.05) is 28.8 Å². The van der Waals surface area contributed by atoms with E-state index in [4.69, 9.17) is 15.2 Å². The molecule has 4 rings (SSSR count). The Morgan fingerprint density at radius 2 is 2.19 bits per heavy atom. The van der Waals surface area contributed by atoms with E-state index >= 15 is 0 Å². The van der Waals surface area contributed by atoms with Gasteiger partial charge in [-0.25, -0.2) is 9.97 Å². The van der Waals surface area contributed by atoms with E-state index in [0.29, 0.717) is 57.8 Å². The summed E-state index contributed by atoms with van der Waals surface area (Å²) in [6.45, 7) is 2.24. The molecule has 2 aromatic rings. The molecular formula is C18H19BrN4O3. The number of benzene rings is 1. The highest BCUT2D eigenvalue weighted by molar-refractivity contribution is 9.09. The molecule has 1 aliphatic heterocycles. The summed E-state index contributed by atoms with van der Waals surface area (Å²) in [5.41, 5.74) is 7.18. The van der Waals surface area contributed by atoms with Crippen LogP contribution in [0.2, 0.25) is 0 Å². The molecule has 136 valence electrons. The number of anilines is 2. The summed E-state index contributed by atoms with van der Waals surface area (Å²) in [4.78, 5) is 20.4. The molecule has 2 fully saturated rings. The van der Waals surface area contributed by atoms with E-state index in [1.54, 1.807) is 18.2 Å². The van der Waals surface area contributed by atoms with Crippen molar-refractivity contribution in [1.29, 1.82) is 0 Å². The number of ether oxygens (including phenoxy) is 2. The minimum atomic E-state index is -0.235. The number of nitrogens with one attached hydrogen (secondary N) is 1. The highest BCUT2D eigenvalue weighted by Crippen LogP contribution is 2.51. The van der Waals surface area contributed by atoms with Gasteiger partial charge < -0.3 is 20.5 Å². The Morgan fingerprint density at radius 1 is 1.38 bits per heavy atom. The Balaban J connectivity index is 1.58. The standard InChI is InChI=1S/C18H19BrN4O3/c19-3-1-2-17(24)23-15-4-10-14(21-9-22-18(10)20)5-16(15)26-8-13-11-6-25-7-12(11)13/h1-2,4-5,9,11-13H,3,6-8H2,(H,23,24)(H2,20,21,22)/b2-1+/t11-,12+,13+. The number of halogens is 1. The molecule has 0 radical (unpaired) electrons. The number of hydrogen-bond donors (Lipinski definition) is 2. The number of nitrogens with zero attached hydrogens (tertiary/aromatic N) is 2. The lowest BCUT2D eigenvalue weighted by atomic mass is 10.2. The van der Waals surface area contributed by atoms with Crippen LogP contribution in [0.5, 0.6) is 5.75 Å². The zero-order chi connectivity index (χ0) is 18.1. The van der Waals surface area contributed by atoms with Crippen molar-refractivity contribution in [2.45, 2.75) is 0 Å². The van der Waals surface area contributed by atoms with Gasteiger partial charge in [-0.2, -0.15) is 0 Å². The smallest absolute Gasteiger partial charge is 0.248 e. The number of hydrogen-bond acceptors (Lipinski definition) is 6. The van der Waals surface area contributed by atoms with E-state index in [9.17, 15) is 4.79 Å². The van der Waals surface area contributed by atoms with Crippen LogP contribution in [-0.4, -0.2) is 41.0 Å². The van der Waals surface area contributed by atoms with E-state index < -0.39 is 0 Å². The van der Waals surface area contributed by atoms with Crippen molar-refractivity contribution in [3.05, 3.63) is 30.6 Å². The fourth-order valence-electron chi connectivity index (χ4n) is 3.44. The lowest BCUT2D eigenvalue weighted by Gasteiger charge is -2.14. The normalized spacial score (nSPS) is 24.0. The van der Waals surface area contributed by atoms with E-state index in [0.717, 1.165) is 13.2 Å². The zero-order valence-corrected chi connectivity index (χ0v) is 15.6. The summed E-state index contributed by atoms with van der Waals surface area (Å²) in [7, 11) is 0. The summed E-state index contributed by atoms with van der Waals surface area (Å²) in [6.07, 6.45) is 4.61. The number of rotatable bonds is 6. The highest BCUT2D eigenvalue weighted by atomic mass is 79.9. The number of nitrogens with two attached hydrogens (primary N) is 1. The van der Waals surface area contributed by atoms with Crippen molar-refractivity contribution in [3.8, 4) is 5.75 Å². The van der Waals surface area contributed by atoms with Crippen LogP contribution in [0.1, 0.15) is 0 Å². The maximum atomic E-state index is 12.1. The van der Waals surface area contributed by atoms with Crippen LogP contribution in [0.25, 0.3) is 10.9 Å². The largest absolute Gasteiger partial charge is 0.491 e. The average Bonchev–Trinajstić information content (AvgIpc) is 3.06. The second-order valence-electron chi connectivity index (χ2n) is 6.51. The summed E-state index contributed by atoms with van der Waals surface area (Å²) >= 11 is 3.26. The van der Waals surface area contributed by atoms with E-state index in [1.807, 2.05) is 0 Å². The lowest BCUT2D eigenvalue weighted by molar-refractivity contribution is -0.111. The third kappa shape index (κ3) is 3.39. The number of amides is 1. The molecule has 1 aromatic carbocycles. The van der Waals surface area contributed by atoms with Crippen LogP contribution >= 0.6 is 15.9 Å². The van der Waals surface area contributed by atoms with Crippen molar-refractivity contribution in [1.82, 2.24) is 9.97 Å². The van der Waals surface area contributed by atoms with Crippen LogP contribution in [0.4, 0.5) is 11.5 Å². The van der Waals surface area contributed by atoms with Gasteiger partial charge >= 0.3 is 0 Å². The van der Waals surface area contributed by atoms with E-state index in [2.05, 4.69) is 31.2 Å². The number of nitrogen functional groups attached to an aromatic ring is 1. The third-order valence-electron chi connectivity index (χ3n) is 4.94. The second kappa shape index (κ2) is 7.20. The Labute approximate surface area is 159 Å². The Bertz CT molecular complexity index is 863. The van der Waals surface area contributed by atoms with Crippen molar-refractivity contribution in [2.24, 2.45) is 17.8 Å². The zero-order valence-electron chi connectivity index (χ0n) is 14.0. The molecule has 1 saturated heterocycles. The van der Waals surface area contributed by atoms with Gasteiger partial charge in [0.15, 0.2) is 0 Å². The summed E-state index contributed by atoms with van der Waals surface area (Å²) in [5.74, 6) is 2.44. The summed E-state index contributed by atoms with van der Waals surface area (Å²) in [5, 5.41) is 4.13. The Kier molecular flexibility index (Phi) is 4.78. The Hall–Kier alpha value is -2.19. The molecular weight excluding hydrogens is 400 g/mol. The molecule has 26 heavy (non-hydrogen) atoms. The molecule has 0 unspecified atom stereocenters. The monoisotopic (exact) mass is 418 g/mol. The average molecular weight is 419 g/mol. The van der Waals surface area contributed by atoms with Gasteiger partial charge in [0.2, 0.25) is 5.91 Å². The van der Waals surface area contributed by atoms with Crippen molar-refractivity contribution >= 4 is 44.2 Å². The minimum absolute atomic E-state index is 0.235. The number of carbonyl (C=O) groups is 1. The molecule has 3 atom stereocenters. The molecule has 1 aromatic heterocycles. The van der Waals surface area contributed by atoms with Crippen molar-refractivity contribution in [3.63, 3.8) is 0 Å². The van der Waals surface area contributed by atoms with Crippen LogP contribution in [0.3, 0.4) is 0 Å². The van der Waals surface area contributed by atoms with Crippen molar-refractivity contribution < 1.29 is 14.3 Å². The first kappa shape index (κ1) is 17.2. The van der Waals surface area contributed by atoms with Crippen LogP contribution in [-0.2, 0) is 9.53 Å². The Morgan fingerprint density at radius 3 is 2.96 bits per heavy atom. The van der Waals surface area contributed by atoms with Crippen LogP contribution in [0, 0.1) is 17.8 Å². The molecule has 8 heteroatoms. The molecule has 1 aliphatic carbocycles. The van der Waals surface area contributed by atoms with Crippen LogP contribution < -0.4 is 15.8 Å². The topological polar surface area (TPSA) is 99.4 Å². The predicted molar refractivity (Wildman–Crippen MR) is 102 cm³/mol.